The zero-order valence-electron chi connectivity index (χ0n) is 13.7. The monoisotopic (exact) mass is 322 g/mol. The van der Waals surface area contributed by atoms with E-state index in [2.05, 4.69) is 12.2 Å². The number of fused-ring (bicyclic) bond motifs is 1. The standard InChI is InChI=1S/C17H26N2O4/c1-2-3-8-19(9-10-20)12-17(21)18-11-14-13-22-15-6-4-5-7-16(15)23-14/h4-7,14,20H,2-3,8-13H2,1H3,(H,18,21)/t14-/m0/s1. The van der Waals surface area contributed by atoms with Crippen LogP contribution >= 0.6 is 0 Å². The molecule has 0 saturated heterocycles. The highest BCUT2D eigenvalue weighted by Crippen LogP contribution is 2.30. The average Bonchev–Trinajstić information content (AvgIpc) is 2.58. The molecule has 6 heteroatoms. The molecule has 23 heavy (non-hydrogen) atoms. The van der Waals surface area contributed by atoms with Crippen LogP contribution in [-0.4, -0.2) is 61.4 Å². The van der Waals surface area contributed by atoms with Crippen LogP contribution < -0.4 is 14.8 Å². The van der Waals surface area contributed by atoms with E-state index in [4.69, 9.17) is 14.6 Å². The van der Waals surface area contributed by atoms with E-state index in [0.29, 0.717) is 32.0 Å². The molecule has 0 radical (unpaired) electrons. The van der Waals surface area contributed by atoms with Gasteiger partial charge in [-0.05, 0) is 25.1 Å². The minimum Gasteiger partial charge on any atom is -0.486 e. The first-order chi connectivity index (χ1) is 11.2. The van der Waals surface area contributed by atoms with Gasteiger partial charge in [0.25, 0.3) is 0 Å². The molecule has 0 saturated carbocycles. The van der Waals surface area contributed by atoms with Gasteiger partial charge in [0.2, 0.25) is 5.91 Å². The molecule has 128 valence electrons. The van der Waals surface area contributed by atoms with Crippen LogP contribution in [0.15, 0.2) is 24.3 Å². The highest BCUT2D eigenvalue weighted by atomic mass is 16.6. The molecule has 0 aromatic heterocycles. The molecule has 1 atom stereocenters. The molecule has 0 spiro atoms. The average molecular weight is 322 g/mol. The molecule has 0 aliphatic carbocycles. The number of carbonyl (C=O) groups is 1. The molecule has 6 nitrogen and oxygen atoms in total. The van der Waals surface area contributed by atoms with E-state index >= 15 is 0 Å². The zero-order valence-corrected chi connectivity index (χ0v) is 13.7. The highest BCUT2D eigenvalue weighted by molar-refractivity contribution is 5.78. The maximum absolute atomic E-state index is 12.0. The normalized spacial score (nSPS) is 16.4. The van der Waals surface area contributed by atoms with Gasteiger partial charge in [-0.25, -0.2) is 0 Å². The maximum atomic E-state index is 12.0. The molecule has 0 bridgehead atoms. The molecule has 1 amide bonds. The Morgan fingerprint density at radius 1 is 1.35 bits per heavy atom. The smallest absolute Gasteiger partial charge is 0.234 e. The Kier molecular flexibility index (Phi) is 7.16. The van der Waals surface area contributed by atoms with Crippen LogP contribution in [0.3, 0.4) is 0 Å². The first-order valence-corrected chi connectivity index (χ1v) is 8.21. The molecule has 0 unspecified atom stereocenters. The van der Waals surface area contributed by atoms with Crippen molar-refractivity contribution in [2.75, 3.05) is 39.4 Å². The van der Waals surface area contributed by atoms with Gasteiger partial charge in [0.05, 0.1) is 19.7 Å². The number of amides is 1. The second-order valence-corrected chi connectivity index (χ2v) is 5.65. The Bertz CT molecular complexity index is 495. The third-order valence-electron chi connectivity index (χ3n) is 3.71. The second kappa shape index (κ2) is 9.37. The van der Waals surface area contributed by atoms with Gasteiger partial charge in [0, 0.05) is 6.54 Å². The van der Waals surface area contributed by atoms with Crippen LogP contribution in [0.5, 0.6) is 11.5 Å². The van der Waals surface area contributed by atoms with Crippen LogP contribution in [0.1, 0.15) is 19.8 Å². The molecule has 0 fully saturated rings. The summed E-state index contributed by atoms with van der Waals surface area (Å²) in [6.45, 7) is 4.64. The predicted molar refractivity (Wildman–Crippen MR) is 87.8 cm³/mol. The molecule has 1 heterocycles. The van der Waals surface area contributed by atoms with Crippen LogP contribution in [0.2, 0.25) is 0 Å². The lowest BCUT2D eigenvalue weighted by Gasteiger charge is -2.27. The quantitative estimate of drug-likeness (QED) is 0.711. The van der Waals surface area contributed by atoms with Crippen LogP contribution in [-0.2, 0) is 4.79 Å². The number of aliphatic hydroxyl groups excluding tert-OH is 1. The number of carbonyl (C=O) groups excluding carboxylic acids is 1. The largest absolute Gasteiger partial charge is 0.486 e. The van der Waals surface area contributed by atoms with Crippen molar-refractivity contribution in [2.24, 2.45) is 0 Å². The summed E-state index contributed by atoms with van der Waals surface area (Å²) in [5.41, 5.74) is 0. The lowest BCUT2D eigenvalue weighted by molar-refractivity contribution is -0.122. The Labute approximate surface area is 137 Å². The van der Waals surface area contributed by atoms with Crippen molar-refractivity contribution in [2.45, 2.75) is 25.9 Å². The minimum absolute atomic E-state index is 0.0583. The van der Waals surface area contributed by atoms with Crippen LogP contribution in [0.25, 0.3) is 0 Å². The van der Waals surface area contributed by atoms with Crippen molar-refractivity contribution in [1.29, 1.82) is 0 Å². The third-order valence-corrected chi connectivity index (χ3v) is 3.71. The summed E-state index contributed by atoms with van der Waals surface area (Å²) < 4.78 is 11.4. The van der Waals surface area contributed by atoms with Crippen molar-refractivity contribution in [3.8, 4) is 11.5 Å². The Balaban J connectivity index is 1.74. The van der Waals surface area contributed by atoms with E-state index in [-0.39, 0.29) is 18.6 Å². The molecular weight excluding hydrogens is 296 g/mol. The number of para-hydroxylation sites is 2. The van der Waals surface area contributed by atoms with Crippen LogP contribution in [0, 0.1) is 0 Å². The number of ether oxygens (including phenoxy) is 2. The van der Waals surface area contributed by atoms with Gasteiger partial charge >= 0.3 is 0 Å². The summed E-state index contributed by atoms with van der Waals surface area (Å²) in [5.74, 6) is 1.39. The number of benzene rings is 1. The van der Waals surface area contributed by atoms with Crippen molar-refractivity contribution in [1.82, 2.24) is 10.2 Å². The van der Waals surface area contributed by atoms with Gasteiger partial charge in [0.1, 0.15) is 12.7 Å². The van der Waals surface area contributed by atoms with Gasteiger partial charge < -0.3 is 19.9 Å². The third kappa shape index (κ3) is 5.73. The lowest BCUT2D eigenvalue weighted by Crippen LogP contribution is -2.44. The summed E-state index contributed by atoms with van der Waals surface area (Å²) in [6.07, 6.45) is 1.90. The van der Waals surface area contributed by atoms with Gasteiger partial charge in [-0.3, -0.25) is 9.69 Å². The van der Waals surface area contributed by atoms with Gasteiger partial charge in [-0.1, -0.05) is 25.5 Å². The number of hydrogen-bond acceptors (Lipinski definition) is 5. The van der Waals surface area contributed by atoms with E-state index in [1.807, 2.05) is 29.2 Å². The fourth-order valence-corrected chi connectivity index (χ4v) is 2.44. The van der Waals surface area contributed by atoms with Gasteiger partial charge in [-0.2, -0.15) is 0 Å². The van der Waals surface area contributed by atoms with Crippen molar-refractivity contribution in [3.05, 3.63) is 24.3 Å². The number of unbranched alkanes of at least 4 members (excludes halogenated alkanes) is 1. The highest BCUT2D eigenvalue weighted by Gasteiger charge is 2.21. The van der Waals surface area contributed by atoms with Crippen molar-refractivity contribution >= 4 is 5.91 Å². The molecule has 1 aliphatic rings. The summed E-state index contributed by atoms with van der Waals surface area (Å²) in [4.78, 5) is 14.0. The van der Waals surface area contributed by atoms with E-state index in [1.54, 1.807) is 0 Å². The number of rotatable bonds is 9. The first kappa shape index (κ1) is 17.6. The summed E-state index contributed by atoms with van der Waals surface area (Å²) in [6, 6.07) is 7.52. The fraction of sp³-hybridized carbons (Fsp3) is 0.588. The van der Waals surface area contributed by atoms with Gasteiger partial charge in [-0.15, -0.1) is 0 Å². The maximum Gasteiger partial charge on any atom is 0.234 e. The Morgan fingerprint density at radius 3 is 2.87 bits per heavy atom. The SMILES string of the molecule is CCCCN(CCO)CC(=O)NC[C@H]1COc2ccccc2O1. The van der Waals surface area contributed by atoms with Crippen molar-refractivity contribution < 1.29 is 19.4 Å². The summed E-state index contributed by atoms with van der Waals surface area (Å²) in [7, 11) is 0. The topological polar surface area (TPSA) is 71.0 Å². The molecule has 2 rings (SSSR count). The summed E-state index contributed by atoms with van der Waals surface area (Å²) in [5, 5.41) is 11.9. The number of nitrogens with one attached hydrogen (secondary N) is 1. The van der Waals surface area contributed by atoms with E-state index in [1.165, 1.54) is 0 Å². The van der Waals surface area contributed by atoms with E-state index < -0.39 is 0 Å². The molecule has 1 aromatic carbocycles. The lowest BCUT2D eigenvalue weighted by atomic mass is 10.2. The number of hydrogen-bond donors (Lipinski definition) is 2. The molecule has 2 N–H and O–H groups in total. The fourth-order valence-electron chi connectivity index (χ4n) is 2.44. The van der Waals surface area contributed by atoms with Crippen LogP contribution in [0.4, 0.5) is 0 Å². The summed E-state index contributed by atoms with van der Waals surface area (Å²) >= 11 is 0. The van der Waals surface area contributed by atoms with E-state index in [9.17, 15) is 4.79 Å². The van der Waals surface area contributed by atoms with E-state index in [0.717, 1.165) is 25.1 Å². The molecule has 1 aromatic rings. The molecular formula is C17H26N2O4. The second-order valence-electron chi connectivity index (χ2n) is 5.65. The molecule has 1 aliphatic heterocycles. The Morgan fingerprint density at radius 2 is 2.13 bits per heavy atom. The van der Waals surface area contributed by atoms with Crippen molar-refractivity contribution in [3.63, 3.8) is 0 Å². The minimum atomic E-state index is -0.184. The Hall–Kier alpha value is -1.79. The number of aliphatic hydroxyl groups is 1. The zero-order chi connectivity index (χ0) is 16.5. The number of nitrogens with zero attached hydrogens (tertiary/aromatic N) is 1. The van der Waals surface area contributed by atoms with Gasteiger partial charge in [0.15, 0.2) is 11.5 Å². The first-order valence-electron chi connectivity index (χ1n) is 8.21. The predicted octanol–water partition coefficient (Wildman–Crippen LogP) is 1.04.